The van der Waals surface area contributed by atoms with Gasteiger partial charge in [-0.1, -0.05) is 67.6 Å². The lowest BCUT2D eigenvalue weighted by Gasteiger charge is -2.13. The molecule has 0 aliphatic carbocycles. The predicted octanol–water partition coefficient (Wildman–Crippen LogP) is 5.80. The van der Waals surface area contributed by atoms with Gasteiger partial charge in [-0.3, -0.25) is 4.89 Å². The van der Waals surface area contributed by atoms with Crippen molar-refractivity contribution in [3.63, 3.8) is 0 Å². The highest BCUT2D eigenvalue weighted by atomic mass is 31.2. The summed E-state index contributed by atoms with van der Waals surface area (Å²) in [6.07, 6.45) is 1.15. The van der Waals surface area contributed by atoms with Crippen LogP contribution in [0.5, 0.6) is 11.5 Å². The minimum absolute atomic E-state index is 0.286. The van der Waals surface area contributed by atoms with Crippen LogP contribution in [0.1, 0.15) is 18.1 Å². The van der Waals surface area contributed by atoms with Gasteiger partial charge >= 0.3 is 7.82 Å². The standard InChI is InChI=1S/C12H11O4P.C9H12/c13-17(14,15-11-7-3-1-4-8-11)16-12-9-5-2-6-10-12;1-3-9-7-5-4-6-8(9)2/h1-10H,(H,13,14);4-7H,3H2,1-2H3. The molecule has 0 atom stereocenters. The number of aryl methyl sites for hydroxylation is 2. The Morgan fingerprint density at radius 1 is 0.769 bits per heavy atom. The van der Waals surface area contributed by atoms with E-state index in [9.17, 15) is 9.46 Å². The molecule has 5 heteroatoms. The maximum Gasteiger partial charge on any atom is 0.584 e. The van der Waals surface area contributed by atoms with E-state index in [2.05, 4.69) is 38.1 Å². The molecule has 0 spiro atoms. The van der Waals surface area contributed by atoms with E-state index in [0.29, 0.717) is 0 Å². The maximum absolute atomic E-state index is 11.7. The van der Waals surface area contributed by atoms with Crippen LogP contribution in [-0.2, 0) is 11.0 Å². The van der Waals surface area contributed by atoms with Crippen LogP contribution in [0.4, 0.5) is 0 Å². The Bertz CT molecular complexity index is 789. The molecule has 26 heavy (non-hydrogen) atoms. The minimum Gasteiger partial charge on any atom is -0.395 e. The molecule has 3 aromatic rings. The number of hydrogen-bond donors (Lipinski definition) is 1. The van der Waals surface area contributed by atoms with Crippen LogP contribution >= 0.6 is 7.82 Å². The molecule has 0 aliphatic heterocycles. The molecule has 0 saturated carbocycles. The van der Waals surface area contributed by atoms with Crippen molar-refractivity contribution in [3.05, 3.63) is 96.1 Å². The van der Waals surface area contributed by atoms with Crippen molar-refractivity contribution in [2.45, 2.75) is 20.3 Å². The molecule has 0 heterocycles. The van der Waals surface area contributed by atoms with Gasteiger partial charge in [0.1, 0.15) is 11.5 Å². The fraction of sp³-hybridized carbons (Fsp3) is 0.143. The third kappa shape index (κ3) is 6.75. The Labute approximate surface area is 154 Å². The van der Waals surface area contributed by atoms with Crippen LogP contribution in [-0.4, -0.2) is 4.89 Å². The Kier molecular flexibility index (Phi) is 7.46. The number of para-hydroxylation sites is 2. The molecular formula is C21H23O4P. The predicted molar refractivity (Wildman–Crippen MR) is 105 cm³/mol. The lowest BCUT2D eigenvalue weighted by atomic mass is 10.1. The van der Waals surface area contributed by atoms with E-state index in [1.54, 1.807) is 60.7 Å². The lowest BCUT2D eigenvalue weighted by Crippen LogP contribution is -1.99. The Balaban J connectivity index is 0.000000228. The molecule has 0 saturated heterocycles. The van der Waals surface area contributed by atoms with E-state index in [1.165, 1.54) is 11.1 Å². The van der Waals surface area contributed by atoms with Crippen molar-refractivity contribution in [3.8, 4) is 11.5 Å². The van der Waals surface area contributed by atoms with Gasteiger partial charge < -0.3 is 9.05 Å². The number of benzene rings is 3. The molecule has 1 N–H and O–H groups in total. The van der Waals surface area contributed by atoms with Crippen LogP contribution in [0.3, 0.4) is 0 Å². The van der Waals surface area contributed by atoms with Gasteiger partial charge in [0.2, 0.25) is 0 Å². The van der Waals surface area contributed by atoms with Gasteiger partial charge in [-0.25, -0.2) is 4.57 Å². The summed E-state index contributed by atoms with van der Waals surface area (Å²) >= 11 is 0. The first kappa shape index (κ1) is 19.8. The summed E-state index contributed by atoms with van der Waals surface area (Å²) < 4.78 is 21.5. The van der Waals surface area contributed by atoms with Crippen LogP contribution in [0.2, 0.25) is 0 Å². The van der Waals surface area contributed by atoms with Gasteiger partial charge in [-0.15, -0.1) is 0 Å². The maximum atomic E-state index is 11.7. The Morgan fingerprint density at radius 3 is 1.58 bits per heavy atom. The van der Waals surface area contributed by atoms with Crippen LogP contribution in [0.25, 0.3) is 0 Å². The average molecular weight is 370 g/mol. The van der Waals surface area contributed by atoms with E-state index < -0.39 is 7.82 Å². The van der Waals surface area contributed by atoms with Crippen molar-refractivity contribution in [2.75, 3.05) is 0 Å². The van der Waals surface area contributed by atoms with Crippen molar-refractivity contribution >= 4 is 7.82 Å². The first-order chi connectivity index (χ1) is 12.5. The quantitative estimate of drug-likeness (QED) is 0.577. The van der Waals surface area contributed by atoms with Gasteiger partial charge in [0, 0.05) is 0 Å². The summed E-state index contributed by atoms with van der Waals surface area (Å²) in [5.74, 6) is 0.573. The summed E-state index contributed by atoms with van der Waals surface area (Å²) in [6.45, 7) is 4.33. The molecule has 0 amide bonds. The molecule has 4 nitrogen and oxygen atoms in total. The molecule has 3 aromatic carbocycles. The minimum atomic E-state index is -4.14. The van der Waals surface area contributed by atoms with Gasteiger partial charge in [0.25, 0.3) is 0 Å². The second-order valence-corrected chi connectivity index (χ2v) is 6.86. The van der Waals surface area contributed by atoms with Gasteiger partial charge in [0.15, 0.2) is 0 Å². The second-order valence-electron chi connectivity index (χ2n) is 5.56. The smallest absolute Gasteiger partial charge is 0.395 e. The first-order valence-corrected chi connectivity index (χ1v) is 9.86. The van der Waals surface area contributed by atoms with E-state index in [0.717, 1.165) is 6.42 Å². The molecule has 0 radical (unpaired) electrons. The average Bonchev–Trinajstić information content (AvgIpc) is 2.63. The number of phosphoric acid groups is 1. The number of hydrogen-bond acceptors (Lipinski definition) is 3. The van der Waals surface area contributed by atoms with Crippen LogP contribution in [0.15, 0.2) is 84.9 Å². The molecule has 0 fully saturated rings. The van der Waals surface area contributed by atoms with Gasteiger partial charge in [0.05, 0.1) is 0 Å². The SMILES string of the molecule is CCc1ccccc1C.O=P(O)(Oc1ccccc1)Oc1ccccc1. The van der Waals surface area contributed by atoms with Crippen molar-refractivity contribution in [1.82, 2.24) is 0 Å². The summed E-state index contributed by atoms with van der Waals surface area (Å²) in [6, 6.07) is 25.2. The van der Waals surface area contributed by atoms with Gasteiger partial charge in [-0.2, -0.15) is 0 Å². The highest BCUT2D eigenvalue weighted by Crippen LogP contribution is 2.44. The highest BCUT2D eigenvalue weighted by Gasteiger charge is 2.24. The van der Waals surface area contributed by atoms with E-state index >= 15 is 0 Å². The third-order valence-corrected chi connectivity index (χ3v) is 4.45. The Hall–Kier alpha value is -2.55. The zero-order valence-electron chi connectivity index (χ0n) is 14.9. The molecule has 0 bridgehead atoms. The van der Waals surface area contributed by atoms with Crippen molar-refractivity contribution in [1.29, 1.82) is 0 Å². The second kappa shape index (κ2) is 9.81. The monoisotopic (exact) mass is 370 g/mol. The van der Waals surface area contributed by atoms with Crippen molar-refractivity contribution < 1.29 is 18.5 Å². The lowest BCUT2D eigenvalue weighted by molar-refractivity contribution is 0.291. The number of rotatable bonds is 5. The summed E-state index contributed by atoms with van der Waals surface area (Å²) in [4.78, 5) is 9.53. The van der Waals surface area contributed by atoms with E-state index in [1.807, 2.05) is 0 Å². The van der Waals surface area contributed by atoms with Crippen molar-refractivity contribution in [2.24, 2.45) is 0 Å². The highest BCUT2D eigenvalue weighted by molar-refractivity contribution is 7.48. The summed E-state index contributed by atoms with van der Waals surface area (Å²) in [5.41, 5.74) is 2.86. The zero-order chi connectivity index (χ0) is 18.8. The van der Waals surface area contributed by atoms with Gasteiger partial charge in [-0.05, 0) is 48.7 Å². The third-order valence-electron chi connectivity index (χ3n) is 3.57. The molecule has 0 unspecified atom stereocenters. The summed E-state index contributed by atoms with van der Waals surface area (Å²) in [5, 5.41) is 0. The molecule has 0 aliphatic rings. The normalized spacial score (nSPS) is 10.4. The molecule has 3 rings (SSSR count). The number of phosphoric ester groups is 1. The van der Waals surface area contributed by atoms with E-state index in [-0.39, 0.29) is 11.5 Å². The zero-order valence-corrected chi connectivity index (χ0v) is 15.8. The molecule has 136 valence electrons. The molecular weight excluding hydrogens is 347 g/mol. The fourth-order valence-electron chi connectivity index (χ4n) is 2.25. The largest absolute Gasteiger partial charge is 0.584 e. The molecule has 0 aromatic heterocycles. The van der Waals surface area contributed by atoms with Crippen LogP contribution in [0, 0.1) is 6.92 Å². The van der Waals surface area contributed by atoms with Crippen LogP contribution < -0.4 is 9.05 Å². The topological polar surface area (TPSA) is 55.8 Å². The first-order valence-electron chi connectivity index (χ1n) is 8.37. The Morgan fingerprint density at radius 2 is 1.19 bits per heavy atom. The van der Waals surface area contributed by atoms with E-state index in [4.69, 9.17) is 9.05 Å². The fourth-order valence-corrected chi connectivity index (χ4v) is 3.07. The summed E-state index contributed by atoms with van der Waals surface area (Å²) in [7, 11) is -4.14.